The number of likely N-dealkylation sites (N-methyl/N-ethyl adjacent to an activating group) is 2. The van der Waals surface area contributed by atoms with Crippen LogP contribution in [-0.4, -0.2) is 190 Å². The zero-order valence-electron chi connectivity index (χ0n) is 48.8. The van der Waals surface area contributed by atoms with Crippen molar-refractivity contribution in [3.63, 3.8) is 0 Å². The number of Topliss-reactive ketones (excluding diaryl/α,β-unsaturated/α-hetero) is 1. The number of fused-ring (bicyclic) bond motifs is 1. The summed E-state index contributed by atoms with van der Waals surface area (Å²) >= 11 is 0. The number of nitrogens with zero attached hydrogens (tertiary/aromatic N) is 4. The molecule has 0 spiro atoms. The van der Waals surface area contributed by atoms with E-state index in [9.17, 15) is 53.4 Å². The lowest BCUT2D eigenvalue weighted by Gasteiger charge is -2.36. The first kappa shape index (κ1) is 65.4. The maximum Gasteiger partial charge on any atom is 0.329 e. The second-order valence-electron chi connectivity index (χ2n) is 23.0. The van der Waals surface area contributed by atoms with Gasteiger partial charge in [-0.3, -0.25) is 43.2 Å². The number of aliphatic hydroxyl groups excluding tert-OH is 2. The number of nitrogens with one attached hydrogen (secondary N) is 3. The molecule has 5 N–H and O–H groups in total. The number of aliphatic hydroxyl groups is 2. The number of rotatable bonds is 15. The smallest absolute Gasteiger partial charge is 0.329 e. The van der Waals surface area contributed by atoms with E-state index in [2.05, 4.69) is 16.0 Å². The summed E-state index contributed by atoms with van der Waals surface area (Å²) in [5, 5.41) is 30.2. The number of likely N-dealkylation sites (tertiary alicyclic amines) is 1. The highest BCUT2D eigenvalue weighted by atomic mass is 16.6. The molecule has 1 aromatic carbocycles. The number of ether oxygens (including phenoxy) is 3. The number of hydrogen-bond acceptors (Lipinski definition) is 15. The molecule has 7 amide bonds. The molecular weight excluding hydrogens is 1020 g/mol. The fourth-order valence-corrected chi connectivity index (χ4v) is 10.5. The Labute approximate surface area is 465 Å². The minimum absolute atomic E-state index is 0.0720. The third-order valence-corrected chi connectivity index (χ3v) is 15.5. The highest BCUT2D eigenvalue weighted by Crippen LogP contribution is 2.27. The van der Waals surface area contributed by atoms with Crippen molar-refractivity contribution in [2.45, 2.75) is 201 Å². The number of esters is 2. The van der Waals surface area contributed by atoms with E-state index in [0.29, 0.717) is 30.6 Å². The van der Waals surface area contributed by atoms with Crippen LogP contribution >= 0.6 is 0 Å². The van der Waals surface area contributed by atoms with E-state index in [1.165, 1.54) is 61.6 Å². The molecule has 3 saturated heterocycles. The molecule has 79 heavy (non-hydrogen) atoms. The van der Waals surface area contributed by atoms with Crippen LogP contribution in [0.15, 0.2) is 24.3 Å². The summed E-state index contributed by atoms with van der Waals surface area (Å²) in [6.07, 6.45) is -4.99. The summed E-state index contributed by atoms with van der Waals surface area (Å²) < 4.78 is 17.2. The van der Waals surface area contributed by atoms with Gasteiger partial charge < -0.3 is 60.0 Å². The van der Waals surface area contributed by atoms with Gasteiger partial charge in [-0.25, -0.2) is 4.79 Å². The lowest BCUT2D eigenvalue weighted by Crippen LogP contribution is -2.62. The molecular formula is C57H89N7O15. The SMILES string of the molecule is CCC(C)[C@@H]1NC(=O)[C@@H](NC(=O)[C@H](CC(C)C)N(C)C(=O)[C@@H]2CCCN2C(=O)C(C)O)[C@H](C)OC(=O)C(Cc2ccc(OC)cc2)N(C)C(=O)[C@@H]2CCCN2C(=O)[C@@H](CC(C)C)NC(=O)[C@@H](C)C(=O)[C@H](C(C)C)OC(=O)C[C@@H]1O. The van der Waals surface area contributed by atoms with Crippen LogP contribution in [0.5, 0.6) is 5.75 Å². The van der Waals surface area contributed by atoms with Crippen molar-refractivity contribution in [2.75, 3.05) is 34.3 Å². The van der Waals surface area contributed by atoms with Crippen molar-refractivity contribution in [1.82, 2.24) is 35.6 Å². The predicted molar refractivity (Wildman–Crippen MR) is 290 cm³/mol. The molecule has 0 radical (unpaired) electrons. The number of amides is 7. The van der Waals surface area contributed by atoms with Gasteiger partial charge in [0.1, 0.15) is 54.2 Å². The topological polar surface area (TPSA) is 288 Å². The molecule has 3 aliphatic rings. The highest BCUT2D eigenvalue weighted by molar-refractivity contribution is 6.05. The normalized spacial score (nSPS) is 27.7. The average molecular weight is 1110 g/mol. The molecule has 22 heteroatoms. The fourth-order valence-electron chi connectivity index (χ4n) is 10.5. The summed E-state index contributed by atoms with van der Waals surface area (Å²) in [6, 6.07) is -2.19. The van der Waals surface area contributed by atoms with Gasteiger partial charge in [0.25, 0.3) is 5.91 Å². The van der Waals surface area contributed by atoms with Crippen molar-refractivity contribution < 1.29 is 72.4 Å². The lowest BCUT2D eigenvalue weighted by atomic mass is 9.91. The first-order chi connectivity index (χ1) is 37.0. The number of cyclic esters (lactones) is 2. The van der Waals surface area contributed by atoms with Crippen LogP contribution in [0.1, 0.15) is 133 Å². The van der Waals surface area contributed by atoms with Gasteiger partial charge in [0.15, 0.2) is 11.9 Å². The van der Waals surface area contributed by atoms with Crippen LogP contribution in [0, 0.1) is 29.6 Å². The van der Waals surface area contributed by atoms with Crippen molar-refractivity contribution in [3.8, 4) is 5.75 Å². The van der Waals surface area contributed by atoms with E-state index in [-0.39, 0.29) is 57.0 Å². The first-order valence-corrected chi connectivity index (χ1v) is 28.0. The largest absolute Gasteiger partial charge is 0.497 e. The molecule has 0 aromatic heterocycles. The number of ketones is 1. The number of methoxy groups -OCH3 is 1. The Morgan fingerprint density at radius 3 is 2.06 bits per heavy atom. The van der Waals surface area contributed by atoms with Crippen molar-refractivity contribution in [1.29, 1.82) is 0 Å². The summed E-state index contributed by atoms with van der Waals surface area (Å²) in [5.41, 5.74) is 0.571. The van der Waals surface area contributed by atoms with Gasteiger partial charge >= 0.3 is 11.9 Å². The maximum atomic E-state index is 15.0. The Morgan fingerprint density at radius 2 is 1.49 bits per heavy atom. The third-order valence-electron chi connectivity index (χ3n) is 15.5. The van der Waals surface area contributed by atoms with Crippen molar-refractivity contribution in [3.05, 3.63) is 29.8 Å². The van der Waals surface area contributed by atoms with Gasteiger partial charge in [-0.05, 0) is 101 Å². The standard InChI is InChI=1S/C57H89N7O15/c1-15-33(8)46-44(66)29-45(67)79-49(32(6)7)48(68)34(9)50(69)58-39(26-30(2)3)54(73)64-25-17-19-41(64)56(75)62(13)43(28-37-20-22-38(77-14)23-21-37)57(76)78-36(11)47(52(71)59-46)60-51(70)42(27-31(4)5)61(12)55(74)40-18-16-24-63(40)53(72)35(10)65/h20-23,30-36,39-44,46-47,49,65-66H,15-19,24-29H2,1-14H3,(H,58,69)(H,59,71)(H,60,70)/t33?,34-,35?,36-,39+,40-,41-,42-,43?,44-,46-,47-,49-/m0/s1. The number of hydrogen-bond donors (Lipinski definition) is 5. The molecule has 22 nitrogen and oxygen atoms in total. The molecule has 4 rings (SSSR count). The van der Waals surface area contributed by atoms with Crippen LogP contribution in [0.3, 0.4) is 0 Å². The zero-order valence-corrected chi connectivity index (χ0v) is 48.8. The van der Waals surface area contributed by atoms with Crippen LogP contribution in [0.4, 0.5) is 0 Å². The summed E-state index contributed by atoms with van der Waals surface area (Å²) in [4.78, 5) is 149. The number of benzene rings is 1. The summed E-state index contributed by atoms with van der Waals surface area (Å²) in [6.45, 7) is 18.4. The third kappa shape index (κ3) is 16.9. The van der Waals surface area contributed by atoms with Crippen LogP contribution in [0.2, 0.25) is 0 Å². The molecule has 3 fully saturated rings. The summed E-state index contributed by atoms with van der Waals surface area (Å²) in [7, 11) is 4.29. The monoisotopic (exact) mass is 1110 g/mol. The Balaban J connectivity index is 1.89. The zero-order chi connectivity index (χ0) is 59.3. The molecule has 0 bridgehead atoms. The quantitative estimate of drug-likeness (QED) is 0.124. The molecule has 1 aromatic rings. The maximum absolute atomic E-state index is 15.0. The Hall–Kier alpha value is -6.16. The van der Waals surface area contributed by atoms with Crippen molar-refractivity contribution >= 4 is 59.1 Å². The molecule has 3 unspecified atom stereocenters. The molecule has 3 heterocycles. The van der Waals surface area contributed by atoms with Gasteiger partial charge in [-0.2, -0.15) is 0 Å². The van der Waals surface area contributed by atoms with E-state index in [1.807, 2.05) is 27.7 Å². The first-order valence-electron chi connectivity index (χ1n) is 28.0. The average Bonchev–Trinajstić information content (AvgIpc) is 4.13. The van der Waals surface area contributed by atoms with Crippen LogP contribution < -0.4 is 20.7 Å². The molecule has 442 valence electrons. The Bertz CT molecular complexity index is 2330. The van der Waals surface area contributed by atoms with E-state index in [1.54, 1.807) is 52.0 Å². The number of carbonyl (C=O) groups is 10. The van der Waals surface area contributed by atoms with Gasteiger partial charge in [0.05, 0.1) is 31.6 Å². The molecule has 13 atom stereocenters. The Morgan fingerprint density at radius 1 is 0.861 bits per heavy atom. The predicted octanol–water partition coefficient (Wildman–Crippen LogP) is 2.32. The van der Waals surface area contributed by atoms with Gasteiger partial charge in [-0.15, -0.1) is 0 Å². The van der Waals surface area contributed by atoms with E-state index in [4.69, 9.17) is 14.2 Å². The highest BCUT2D eigenvalue weighted by Gasteiger charge is 2.46. The number of carbonyl (C=O) groups excluding carboxylic acids is 10. The van der Waals surface area contributed by atoms with Gasteiger partial charge in [0.2, 0.25) is 35.4 Å². The molecule has 0 saturated carbocycles. The van der Waals surface area contributed by atoms with Gasteiger partial charge in [-0.1, -0.05) is 73.9 Å². The van der Waals surface area contributed by atoms with Crippen LogP contribution in [0.25, 0.3) is 0 Å². The lowest BCUT2D eigenvalue weighted by molar-refractivity contribution is -0.163. The second kappa shape index (κ2) is 29.3. The van der Waals surface area contributed by atoms with Crippen LogP contribution in [-0.2, 0) is 63.8 Å². The molecule has 0 aliphatic carbocycles. The minimum atomic E-state index is -1.76. The minimum Gasteiger partial charge on any atom is -0.497 e. The second-order valence-corrected chi connectivity index (χ2v) is 23.0. The fraction of sp³-hybridized carbons (Fsp3) is 0.719. The van der Waals surface area contributed by atoms with Gasteiger partial charge in [0, 0.05) is 33.6 Å². The Kier molecular flexibility index (Phi) is 24.3. The van der Waals surface area contributed by atoms with Crippen molar-refractivity contribution in [2.24, 2.45) is 29.6 Å². The van der Waals surface area contributed by atoms with E-state index >= 15 is 4.79 Å². The van der Waals surface area contributed by atoms with E-state index < -0.39 is 150 Å². The summed E-state index contributed by atoms with van der Waals surface area (Å²) in [5.74, 6) is -10.3. The molecule has 3 aliphatic heterocycles. The van der Waals surface area contributed by atoms with E-state index in [0.717, 1.165) is 0 Å².